The Hall–Kier alpha value is 0.310. The van der Waals surface area contributed by atoms with Gasteiger partial charge in [-0.3, -0.25) is 0 Å². The van der Waals surface area contributed by atoms with Crippen LogP contribution in [0.3, 0.4) is 0 Å². The summed E-state index contributed by atoms with van der Waals surface area (Å²) in [5.74, 6) is 0.733. The molecule has 1 atom stereocenters. The van der Waals surface area contributed by atoms with E-state index in [0.29, 0.717) is 0 Å². The molecule has 0 aliphatic carbocycles. The fraction of sp³-hybridized carbons (Fsp3) is 1.00. The summed E-state index contributed by atoms with van der Waals surface area (Å²) in [4.78, 5) is 0. The van der Waals surface area contributed by atoms with Gasteiger partial charge in [-0.05, 0) is 19.3 Å². The van der Waals surface area contributed by atoms with E-state index in [1.807, 2.05) is 6.92 Å². The first kappa shape index (κ1) is 9.31. The Balaban J connectivity index is 2.91. The van der Waals surface area contributed by atoms with Crippen LogP contribution in [0.25, 0.3) is 0 Å². The molecule has 2 heteroatoms. The standard InChI is InChI=1S/C7H16OS/c1-6(2)4-5-8-7(3)9/h6-7,9H,4-5H2,1-3H3. The summed E-state index contributed by atoms with van der Waals surface area (Å²) in [5.41, 5.74) is 0.0868. The molecule has 0 aliphatic heterocycles. The normalized spacial score (nSPS) is 14.3. The molecule has 0 fully saturated rings. The van der Waals surface area contributed by atoms with E-state index in [1.54, 1.807) is 0 Å². The summed E-state index contributed by atoms with van der Waals surface area (Å²) in [7, 11) is 0. The quantitative estimate of drug-likeness (QED) is 0.475. The van der Waals surface area contributed by atoms with Crippen LogP contribution in [0, 0.1) is 5.92 Å². The van der Waals surface area contributed by atoms with Crippen molar-refractivity contribution in [3.8, 4) is 0 Å². The number of rotatable bonds is 4. The zero-order chi connectivity index (χ0) is 7.28. The van der Waals surface area contributed by atoms with E-state index < -0.39 is 0 Å². The molecular formula is C7H16OS. The van der Waals surface area contributed by atoms with E-state index in [-0.39, 0.29) is 5.44 Å². The second-order valence-corrected chi connectivity index (χ2v) is 3.38. The second kappa shape index (κ2) is 5.12. The number of hydrogen-bond donors (Lipinski definition) is 1. The van der Waals surface area contributed by atoms with Gasteiger partial charge in [0.15, 0.2) is 0 Å². The Kier molecular flexibility index (Phi) is 5.30. The molecule has 1 nitrogen and oxygen atoms in total. The summed E-state index contributed by atoms with van der Waals surface area (Å²) >= 11 is 4.08. The van der Waals surface area contributed by atoms with Gasteiger partial charge in [0.2, 0.25) is 0 Å². The molecule has 0 N–H and O–H groups in total. The van der Waals surface area contributed by atoms with Crippen molar-refractivity contribution in [2.24, 2.45) is 5.92 Å². The van der Waals surface area contributed by atoms with Crippen LogP contribution in [0.1, 0.15) is 27.2 Å². The molecule has 0 heterocycles. The first-order valence-electron chi connectivity index (χ1n) is 3.42. The smallest absolute Gasteiger partial charge is 0.0971 e. The minimum Gasteiger partial charge on any atom is -0.368 e. The van der Waals surface area contributed by atoms with E-state index in [1.165, 1.54) is 0 Å². The Morgan fingerprint density at radius 1 is 1.33 bits per heavy atom. The van der Waals surface area contributed by atoms with Crippen molar-refractivity contribution >= 4 is 12.6 Å². The highest BCUT2D eigenvalue weighted by Gasteiger charge is 1.95. The van der Waals surface area contributed by atoms with Gasteiger partial charge in [-0.25, -0.2) is 0 Å². The summed E-state index contributed by atoms with van der Waals surface area (Å²) < 4.78 is 5.22. The first-order valence-corrected chi connectivity index (χ1v) is 3.94. The lowest BCUT2D eigenvalue weighted by Gasteiger charge is -2.07. The highest BCUT2D eigenvalue weighted by Crippen LogP contribution is 2.02. The van der Waals surface area contributed by atoms with Crippen molar-refractivity contribution in [3.05, 3.63) is 0 Å². The van der Waals surface area contributed by atoms with Crippen LogP contribution in [0.4, 0.5) is 0 Å². The lowest BCUT2D eigenvalue weighted by Crippen LogP contribution is -2.03. The maximum absolute atomic E-state index is 5.22. The third kappa shape index (κ3) is 8.31. The van der Waals surface area contributed by atoms with Crippen LogP contribution in [0.5, 0.6) is 0 Å². The SMILES string of the molecule is CC(C)CCOC(C)S. The molecule has 56 valence electrons. The average molecular weight is 148 g/mol. The predicted molar refractivity (Wildman–Crippen MR) is 43.9 cm³/mol. The molecule has 0 saturated heterocycles. The Labute approximate surface area is 63.2 Å². The average Bonchev–Trinajstić information content (AvgIpc) is 1.63. The summed E-state index contributed by atoms with van der Waals surface area (Å²) in [6.45, 7) is 7.14. The van der Waals surface area contributed by atoms with Gasteiger partial charge in [0, 0.05) is 6.61 Å². The molecule has 9 heavy (non-hydrogen) atoms. The van der Waals surface area contributed by atoms with E-state index >= 15 is 0 Å². The fourth-order valence-corrected chi connectivity index (χ4v) is 0.580. The molecule has 0 aliphatic rings. The van der Waals surface area contributed by atoms with Crippen LogP contribution in [0.2, 0.25) is 0 Å². The van der Waals surface area contributed by atoms with Gasteiger partial charge in [-0.15, -0.1) is 12.6 Å². The van der Waals surface area contributed by atoms with Crippen molar-refractivity contribution in [1.82, 2.24) is 0 Å². The Morgan fingerprint density at radius 3 is 2.22 bits per heavy atom. The zero-order valence-corrected chi connectivity index (χ0v) is 7.32. The summed E-state index contributed by atoms with van der Waals surface area (Å²) in [5, 5.41) is 0. The monoisotopic (exact) mass is 148 g/mol. The number of thiol groups is 1. The maximum atomic E-state index is 5.22. The first-order chi connectivity index (χ1) is 4.13. The van der Waals surface area contributed by atoms with Gasteiger partial charge in [0.05, 0.1) is 5.44 Å². The van der Waals surface area contributed by atoms with Crippen molar-refractivity contribution in [3.63, 3.8) is 0 Å². The predicted octanol–water partition coefficient (Wildman–Crippen LogP) is 2.32. The molecule has 0 aromatic rings. The van der Waals surface area contributed by atoms with Gasteiger partial charge in [-0.2, -0.15) is 0 Å². The van der Waals surface area contributed by atoms with Gasteiger partial charge in [-0.1, -0.05) is 13.8 Å². The Morgan fingerprint density at radius 2 is 1.89 bits per heavy atom. The summed E-state index contributed by atoms with van der Waals surface area (Å²) in [6.07, 6.45) is 1.13. The van der Waals surface area contributed by atoms with Gasteiger partial charge >= 0.3 is 0 Å². The Bertz CT molecular complexity index is 53.9. The van der Waals surface area contributed by atoms with Crippen LogP contribution >= 0.6 is 12.6 Å². The fourth-order valence-electron chi connectivity index (χ4n) is 0.474. The molecule has 0 spiro atoms. The minimum atomic E-state index is 0.0868. The molecule has 0 amide bonds. The zero-order valence-electron chi connectivity index (χ0n) is 6.42. The third-order valence-corrected chi connectivity index (χ3v) is 1.20. The van der Waals surface area contributed by atoms with Crippen LogP contribution < -0.4 is 0 Å². The van der Waals surface area contributed by atoms with Gasteiger partial charge in [0.25, 0.3) is 0 Å². The van der Waals surface area contributed by atoms with Crippen molar-refractivity contribution < 1.29 is 4.74 Å². The molecule has 0 rings (SSSR count). The van der Waals surface area contributed by atoms with E-state index in [9.17, 15) is 0 Å². The van der Waals surface area contributed by atoms with E-state index in [2.05, 4.69) is 26.5 Å². The minimum absolute atomic E-state index is 0.0868. The highest BCUT2D eigenvalue weighted by molar-refractivity contribution is 7.80. The molecule has 0 aromatic heterocycles. The maximum Gasteiger partial charge on any atom is 0.0971 e. The van der Waals surface area contributed by atoms with Crippen molar-refractivity contribution in [1.29, 1.82) is 0 Å². The third-order valence-electron chi connectivity index (χ3n) is 1.05. The van der Waals surface area contributed by atoms with Crippen molar-refractivity contribution in [2.75, 3.05) is 6.61 Å². The van der Waals surface area contributed by atoms with Crippen LogP contribution in [-0.2, 0) is 4.74 Å². The lowest BCUT2D eigenvalue weighted by molar-refractivity contribution is 0.115. The molecular weight excluding hydrogens is 132 g/mol. The van der Waals surface area contributed by atoms with E-state index in [4.69, 9.17) is 4.74 Å². The molecule has 0 saturated carbocycles. The molecule has 1 unspecified atom stereocenters. The number of ether oxygens (including phenoxy) is 1. The summed E-state index contributed by atoms with van der Waals surface area (Å²) in [6, 6.07) is 0. The van der Waals surface area contributed by atoms with Crippen LogP contribution in [-0.4, -0.2) is 12.0 Å². The molecule has 0 radical (unpaired) electrons. The number of hydrogen-bond acceptors (Lipinski definition) is 2. The largest absolute Gasteiger partial charge is 0.368 e. The van der Waals surface area contributed by atoms with Gasteiger partial charge < -0.3 is 4.74 Å². The van der Waals surface area contributed by atoms with Crippen molar-refractivity contribution in [2.45, 2.75) is 32.6 Å². The lowest BCUT2D eigenvalue weighted by atomic mass is 10.1. The van der Waals surface area contributed by atoms with Gasteiger partial charge in [0.1, 0.15) is 0 Å². The second-order valence-electron chi connectivity index (χ2n) is 2.65. The van der Waals surface area contributed by atoms with E-state index in [0.717, 1.165) is 18.9 Å². The molecule has 0 aromatic carbocycles. The molecule has 0 bridgehead atoms. The topological polar surface area (TPSA) is 9.23 Å². The van der Waals surface area contributed by atoms with Crippen LogP contribution in [0.15, 0.2) is 0 Å². The highest BCUT2D eigenvalue weighted by atomic mass is 32.1.